The summed E-state index contributed by atoms with van der Waals surface area (Å²) in [4.78, 5) is 16.3. The number of hydrogen-bond donors (Lipinski definition) is 2. The number of nitrogens with zero attached hydrogens (tertiary/aromatic N) is 1. The smallest absolute Gasteiger partial charge is 0.244 e. The summed E-state index contributed by atoms with van der Waals surface area (Å²) in [6, 6.07) is 9.38. The second-order valence-electron chi connectivity index (χ2n) is 4.55. The molecule has 1 amide bonds. The van der Waals surface area contributed by atoms with Crippen molar-refractivity contribution in [2.45, 2.75) is 18.9 Å². The molecule has 1 aromatic heterocycles. The molecule has 1 aromatic carbocycles. The molecule has 4 nitrogen and oxygen atoms in total. The van der Waals surface area contributed by atoms with E-state index in [4.69, 9.17) is 5.73 Å². The van der Waals surface area contributed by atoms with E-state index in [1.807, 2.05) is 35.7 Å². The van der Waals surface area contributed by atoms with Gasteiger partial charge in [-0.2, -0.15) is 0 Å². The summed E-state index contributed by atoms with van der Waals surface area (Å²) in [6.45, 7) is 2.27. The number of amides is 1. The minimum Gasteiger partial charge on any atom is -0.354 e. The monoisotopic (exact) mass is 275 g/mol. The molecule has 5 heteroatoms. The molecule has 1 atom stereocenters. The van der Waals surface area contributed by atoms with E-state index in [-0.39, 0.29) is 5.91 Å². The van der Waals surface area contributed by atoms with E-state index in [0.29, 0.717) is 6.54 Å². The van der Waals surface area contributed by atoms with Crippen LogP contribution in [0.4, 0.5) is 0 Å². The van der Waals surface area contributed by atoms with Crippen LogP contribution in [0.25, 0.3) is 0 Å². The van der Waals surface area contributed by atoms with E-state index in [2.05, 4.69) is 10.3 Å². The van der Waals surface area contributed by atoms with Crippen molar-refractivity contribution in [1.29, 1.82) is 0 Å². The Kier molecular flexibility index (Phi) is 4.29. The van der Waals surface area contributed by atoms with Crippen LogP contribution in [-0.4, -0.2) is 17.4 Å². The van der Waals surface area contributed by atoms with Crippen molar-refractivity contribution in [3.8, 4) is 0 Å². The van der Waals surface area contributed by atoms with Crippen LogP contribution in [0, 0.1) is 0 Å². The maximum atomic E-state index is 12.1. The highest BCUT2D eigenvalue weighted by Gasteiger charge is 2.29. The zero-order valence-corrected chi connectivity index (χ0v) is 11.6. The molecule has 0 saturated heterocycles. The van der Waals surface area contributed by atoms with Crippen LogP contribution in [0.2, 0.25) is 0 Å². The quantitative estimate of drug-likeness (QED) is 0.872. The molecule has 1 unspecified atom stereocenters. The number of rotatable bonds is 5. The number of nitrogens with one attached hydrogen (secondary N) is 1. The van der Waals surface area contributed by atoms with Crippen LogP contribution < -0.4 is 11.1 Å². The lowest BCUT2D eigenvalue weighted by atomic mass is 9.92. The maximum Gasteiger partial charge on any atom is 0.244 e. The summed E-state index contributed by atoms with van der Waals surface area (Å²) in [5, 5.41) is 4.84. The van der Waals surface area contributed by atoms with Crippen molar-refractivity contribution in [3.63, 3.8) is 0 Å². The number of aromatic nitrogens is 1. The molecule has 2 rings (SSSR count). The Morgan fingerprint density at radius 2 is 2.16 bits per heavy atom. The van der Waals surface area contributed by atoms with E-state index in [0.717, 1.165) is 17.7 Å². The molecular formula is C14H17N3OS. The zero-order valence-electron chi connectivity index (χ0n) is 10.8. The van der Waals surface area contributed by atoms with Crippen molar-refractivity contribution in [2.75, 3.05) is 6.54 Å². The molecule has 0 aliphatic heterocycles. The molecule has 100 valence electrons. The number of thiazole rings is 1. The topological polar surface area (TPSA) is 68.0 Å². The van der Waals surface area contributed by atoms with Crippen LogP contribution in [-0.2, 0) is 16.8 Å². The molecule has 0 spiro atoms. The summed E-state index contributed by atoms with van der Waals surface area (Å²) in [7, 11) is 0. The van der Waals surface area contributed by atoms with Crippen molar-refractivity contribution in [1.82, 2.24) is 10.3 Å². The zero-order chi connectivity index (χ0) is 13.7. The van der Waals surface area contributed by atoms with E-state index >= 15 is 0 Å². The summed E-state index contributed by atoms with van der Waals surface area (Å²) in [5.74, 6) is -0.172. The predicted octanol–water partition coefficient (Wildman–Crippen LogP) is 1.68. The SMILES string of the molecule is CC(N)(C(=O)NCCc1cscn1)c1ccccc1. The number of carbonyl (C=O) groups excluding carboxylic acids is 1. The Labute approximate surface area is 116 Å². The highest BCUT2D eigenvalue weighted by molar-refractivity contribution is 7.07. The van der Waals surface area contributed by atoms with Gasteiger partial charge in [0.15, 0.2) is 0 Å². The first-order valence-electron chi connectivity index (χ1n) is 6.10. The number of benzene rings is 1. The number of carbonyl (C=O) groups is 1. The lowest BCUT2D eigenvalue weighted by Crippen LogP contribution is -2.49. The summed E-state index contributed by atoms with van der Waals surface area (Å²) >= 11 is 1.55. The van der Waals surface area contributed by atoms with E-state index in [1.54, 1.807) is 23.8 Å². The fourth-order valence-corrected chi connectivity index (χ4v) is 2.36. The third kappa shape index (κ3) is 3.39. The van der Waals surface area contributed by atoms with Gasteiger partial charge in [-0.1, -0.05) is 30.3 Å². The third-order valence-electron chi connectivity index (χ3n) is 3.00. The first-order valence-corrected chi connectivity index (χ1v) is 7.05. The fraction of sp³-hybridized carbons (Fsp3) is 0.286. The minimum absolute atomic E-state index is 0.172. The van der Waals surface area contributed by atoms with Crippen LogP contribution in [0.15, 0.2) is 41.2 Å². The second-order valence-corrected chi connectivity index (χ2v) is 5.27. The van der Waals surface area contributed by atoms with Crippen LogP contribution >= 0.6 is 11.3 Å². The summed E-state index contributed by atoms with van der Waals surface area (Å²) in [6.07, 6.45) is 0.722. The number of nitrogens with two attached hydrogens (primary N) is 1. The van der Waals surface area contributed by atoms with Gasteiger partial charge in [-0.15, -0.1) is 11.3 Å². The predicted molar refractivity (Wildman–Crippen MR) is 76.8 cm³/mol. The average Bonchev–Trinajstić information content (AvgIpc) is 2.93. The van der Waals surface area contributed by atoms with Crippen LogP contribution in [0.1, 0.15) is 18.2 Å². The molecule has 3 N–H and O–H groups in total. The van der Waals surface area contributed by atoms with Crippen LogP contribution in [0.5, 0.6) is 0 Å². The minimum atomic E-state index is -1.01. The molecule has 2 aromatic rings. The highest BCUT2D eigenvalue weighted by Crippen LogP contribution is 2.17. The molecule has 19 heavy (non-hydrogen) atoms. The molecule has 0 aliphatic carbocycles. The first-order chi connectivity index (χ1) is 9.10. The highest BCUT2D eigenvalue weighted by atomic mass is 32.1. The Morgan fingerprint density at radius 1 is 1.42 bits per heavy atom. The summed E-state index contributed by atoms with van der Waals surface area (Å²) < 4.78 is 0. The molecule has 0 saturated carbocycles. The third-order valence-corrected chi connectivity index (χ3v) is 3.63. The molecule has 1 heterocycles. The Morgan fingerprint density at radius 3 is 2.79 bits per heavy atom. The average molecular weight is 275 g/mol. The largest absolute Gasteiger partial charge is 0.354 e. The molecule has 0 fully saturated rings. The van der Waals surface area contributed by atoms with E-state index < -0.39 is 5.54 Å². The van der Waals surface area contributed by atoms with Gasteiger partial charge >= 0.3 is 0 Å². The normalized spacial score (nSPS) is 13.8. The maximum absolute atomic E-state index is 12.1. The van der Waals surface area contributed by atoms with Crippen molar-refractivity contribution < 1.29 is 4.79 Å². The van der Waals surface area contributed by atoms with Gasteiger partial charge in [-0.25, -0.2) is 4.98 Å². The Hall–Kier alpha value is -1.72. The molecular weight excluding hydrogens is 258 g/mol. The van der Waals surface area contributed by atoms with Crippen molar-refractivity contribution >= 4 is 17.2 Å². The van der Waals surface area contributed by atoms with Gasteiger partial charge in [0.25, 0.3) is 0 Å². The van der Waals surface area contributed by atoms with Crippen molar-refractivity contribution in [3.05, 3.63) is 52.5 Å². The molecule has 0 aliphatic rings. The van der Waals surface area contributed by atoms with Gasteiger partial charge in [0.1, 0.15) is 5.54 Å². The second kappa shape index (κ2) is 5.95. The van der Waals surface area contributed by atoms with Gasteiger partial charge in [0, 0.05) is 18.3 Å². The standard InChI is InChI=1S/C14H17N3OS/c1-14(15,11-5-3-2-4-6-11)13(18)16-8-7-12-9-19-10-17-12/h2-6,9-10H,7-8,15H2,1H3,(H,16,18). The van der Waals surface area contributed by atoms with Gasteiger partial charge in [-0.05, 0) is 12.5 Å². The van der Waals surface area contributed by atoms with Crippen molar-refractivity contribution in [2.24, 2.45) is 5.73 Å². The Bertz CT molecular complexity index is 523. The lowest BCUT2D eigenvalue weighted by Gasteiger charge is -2.24. The van der Waals surface area contributed by atoms with Gasteiger partial charge in [0.05, 0.1) is 11.2 Å². The fourth-order valence-electron chi connectivity index (χ4n) is 1.76. The van der Waals surface area contributed by atoms with Gasteiger partial charge in [0.2, 0.25) is 5.91 Å². The Balaban J connectivity index is 1.92. The number of hydrogen-bond acceptors (Lipinski definition) is 4. The first kappa shape index (κ1) is 13.7. The lowest BCUT2D eigenvalue weighted by molar-refractivity contribution is -0.126. The molecule has 0 bridgehead atoms. The van der Waals surface area contributed by atoms with E-state index in [9.17, 15) is 4.79 Å². The summed E-state index contributed by atoms with van der Waals surface area (Å²) in [5.41, 5.74) is 8.69. The van der Waals surface area contributed by atoms with Gasteiger partial charge < -0.3 is 11.1 Å². The molecule has 0 radical (unpaired) electrons. The van der Waals surface area contributed by atoms with Gasteiger partial charge in [-0.3, -0.25) is 4.79 Å². The van der Waals surface area contributed by atoms with E-state index in [1.165, 1.54) is 0 Å². The van der Waals surface area contributed by atoms with Crippen LogP contribution in [0.3, 0.4) is 0 Å².